The van der Waals surface area contributed by atoms with Crippen LogP contribution in [-0.2, 0) is 97.3 Å². The Morgan fingerprint density at radius 2 is 0.310 bits per heavy atom. The number of benzene rings is 12. The van der Waals surface area contributed by atoms with Crippen molar-refractivity contribution in [1.82, 2.24) is 39.9 Å². The van der Waals surface area contributed by atoms with Gasteiger partial charge in [0.05, 0.1) is 108 Å². The second-order valence-corrected chi connectivity index (χ2v) is 44.1. The summed E-state index contributed by atoms with van der Waals surface area (Å²) in [5.41, 5.74) is -0.273. The van der Waals surface area contributed by atoms with Crippen LogP contribution in [0.25, 0.3) is 89.7 Å². The van der Waals surface area contributed by atoms with Gasteiger partial charge in [0.15, 0.2) is 0 Å². The number of sulfonamides is 8. The third-order valence-corrected chi connectivity index (χ3v) is 31.9. The van der Waals surface area contributed by atoms with Gasteiger partial charge in [0.2, 0.25) is 0 Å². The zero-order valence-corrected chi connectivity index (χ0v) is 76.5. The summed E-state index contributed by atoms with van der Waals surface area (Å²) in [6, 6.07) is 55.4. The summed E-state index contributed by atoms with van der Waals surface area (Å²) >= 11 is 0. The smallest absolute Gasteiger partial charge is 0.357 e. The molecule has 2 aliphatic rings. The van der Waals surface area contributed by atoms with E-state index in [1.165, 1.54) is 243 Å². The molecule has 12 aromatic carbocycles. The molecule has 0 amide bonds. The Morgan fingerprint density at radius 1 is 0.186 bits per heavy atom. The van der Waals surface area contributed by atoms with E-state index < -0.39 is 172 Å². The summed E-state index contributed by atoms with van der Waals surface area (Å²) < 4.78 is 259. The van der Waals surface area contributed by atoms with Crippen LogP contribution in [0.2, 0.25) is 0 Å². The van der Waals surface area contributed by atoms with Gasteiger partial charge in [0.25, 0.3) is 80.2 Å². The van der Waals surface area contributed by atoms with E-state index in [2.05, 4.69) is 37.8 Å². The molecule has 0 fully saturated rings. The average molecular weight is 1920 g/mol. The predicted molar refractivity (Wildman–Crippen MR) is 490 cm³/mol. The van der Waals surface area contributed by atoms with E-state index in [0.29, 0.717) is 44.5 Å². The molecule has 0 saturated carbocycles. The topological polar surface area (TPSA) is 475 Å². The predicted octanol–water partition coefficient (Wildman–Crippen LogP) is 15.0. The normalized spacial score (nSPS) is 12.5. The summed E-state index contributed by atoms with van der Waals surface area (Å²) in [6.07, 6.45) is 0. The molecule has 0 spiro atoms. The molecule has 17 rings (SSSR count). The van der Waals surface area contributed by atoms with E-state index >= 15 is 0 Å². The van der Waals surface area contributed by atoms with E-state index in [1.54, 1.807) is 55.4 Å². The molecule has 0 saturated heterocycles. The SMILES string of the molecule is Cc1ccc(S(=O)(=O)Nc2cc3c(cc2NS(=O)(=O)c2ccc(C)cc2)-c2nc-3nc3[n-]c(nc4nc(nc5[n-]c(n2)c2cc(NS(=O)(=O)c6ccc(C)cc6)c(NS(=O)(=O)c6ccc(C)cc6)cc52)-c2cc(NS(=O)(=O)c5ccc(C)cc5)c(NS(=O)(=O)c5ccc(C)cc5)cc2-4)c2cc(NS(=O)(=O)c4ccc(C)cc4)c(NS(=O)(=O)c4ccc(C)cc4)cc32)cc1.[Fe+2]. The number of fused-ring (bicyclic) bond motifs is 20. The standard InChI is InChI=1S/C88H72N16O16S8.Fe/c1-49-9-25-57(26-10-49)121(105,106)97-73-41-65-66(42-74(73)98-122(107,108)58-27-11-50(2)12-28-58)82-89-81(65)93-83-67-43-75(99-123(109,110)59-29-13-51(3)14-30-59)76(100-124(111,112)60-31-15-52(4)16-32-60)44-68(67)85(90-83)95-87-71-47-79(103-127(117,118)63-37-21-55(7)22-38-63)80(104-128(119,120)64-39-23-56(8)24-40-64)48-72(71)88(92-87)96-86-70-46-78(102-126(115,116)62-35-19-54(6)20-36-62)77(45-69(70)84(91-86)94-82)101-125(113,114)61-33-17-53(5)18-34-61;/h9-48,97-104H,1-8H3;/q-2;+2. The summed E-state index contributed by atoms with van der Waals surface area (Å²) in [7, 11) is -37.7. The molecule has 0 unspecified atom stereocenters. The van der Waals surface area contributed by atoms with Gasteiger partial charge in [-0.2, -0.15) is 0 Å². The maximum Gasteiger partial charge on any atom is 2.00 e. The number of rotatable bonds is 24. The number of hydrogen-bond donors (Lipinski definition) is 8. The Labute approximate surface area is 753 Å². The van der Waals surface area contributed by atoms with Crippen molar-refractivity contribution in [3.63, 3.8) is 0 Å². The van der Waals surface area contributed by atoms with E-state index in [1.807, 2.05) is 0 Å². The monoisotopic (exact) mass is 1920 g/mol. The summed E-state index contributed by atoms with van der Waals surface area (Å²) in [6.45, 7) is 13.9. The van der Waals surface area contributed by atoms with Crippen molar-refractivity contribution in [2.75, 3.05) is 37.8 Å². The molecule has 15 aromatic rings. The first-order valence-corrected chi connectivity index (χ1v) is 50.6. The van der Waals surface area contributed by atoms with Crippen molar-refractivity contribution in [2.45, 2.75) is 94.6 Å². The molecule has 3 aromatic heterocycles. The Hall–Kier alpha value is -13.5. The Balaban J connectivity index is 0.0000122. The molecule has 32 nitrogen and oxygen atoms in total. The first-order chi connectivity index (χ1) is 60.5. The zero-order valence-electron chi connectivity index (χ0n) is 68.8. The minimum absolute atomic E-state index is 0. The molecule has 5 heterocycles. The minimum Gasteiger partial charge on any atom is -0.357 e. The second-order valence-electron chi connectivity index (χ2n) is 30.6. The van der Waals surface area contributed by atoms with E-state index in [0.717, 1.165) is 0 Å². The quantitative estimate of drug-likeness (QED) is 0.0260. The average Bonchev–Trinajstić information content (AvgIpc) is 1.58. The van der Waals surface area contributed by atoms with E-state index in [-0.39, 0.29) is 100 Å². The molecular weight excluding hydrogens is 1850 g/mol. The summed E-state index contributed by atoms with van der Waals surface area (Å²) in [4.78, 5) is 38.3. The molecule has 0 atom stereocenters. The second kappa shape index (κ2) is 33.3. The van der Waals surface area contributed by atoms with Crippen molar-refractivity contribution >= 4 is 170 Å². The molecule has 2 aliphatic heterocycles. The number of aryl methyl sites for hydroxylation is 8. The number of aromatic nitrogens is 8. The van der Waals surface area contributed by atoms with Gasteiger partial charge in [-0.25, -0.2) is 77.3 Å². The fourth-order valence-electron chi connectivity index (χ4n) is 13.9. The molecule has 8 bridgehead atoms. The van der Waals surface area contributed by atoms with Crippen molar-refractivity contribution in [1.29, 1.82) is 0 Å². The van der Waals surface area contributed by atoms with Gasteiger partial charge in [-0.3, -0.25) is 37.8 Å². The zero-order chi connectivity index (χ0) is 90.7. The van der Waals surface area contributed by atoms with Gasteiger partial charge in [0.1, 0.15) is 0 Å². The number of anilines is 8. The van der Waals surface area contributed by atoms with Crippen molar-refractivity contribution < 1.29 is 84.4 Å². The maximum absolute atomic E-state index is 14.9. The van der Waals surface area contributed by atoms with Crippen LogP contribution < -0.4 is 47.7 Å². The van der Waals surface area contributed by atoms with Crippen molar-refractivity contribution in [2.24, 2.45) is 0 Å². The number of nitrogens with one attached hydrogen (secondary N) is 8. The molecule has 8 N–H and O–H groups in total. The van der Waals surface area contributed by atoms with E-state index in [9.17, 15) is 67.3 Å². The molecule has 129 heavy (non-hydrogen) atoms. The van der Waals surface area contributed by atoms with Crippen LogP contribution in [0.15, 0.2) is 282 Å². The fourth-order valence-corrected chi connectivity index (χ4v) is 22.5. The fraction of sp³-hybridized carbons (Fsp3) is 0.0909. The Morgan fingerprint density at radius 3 is 0.442 bits per heavy atom. The van der Waals surface area contributed by atoms with Gasteiger partial charge in [-0.05, 0) is 223 Å². The van der Waals surface area contributed by atoms with Gasteiger partial charge >= 0.3 is 17.1 Å². The van der Waals surface area contributed by atoms with Crippen LogP contribution >= 0.6 is 0 Å². The molecule has 0 aliphatic carbocycles. The van der Waals surface area contributed by atoms with Crippen molar-refractivity contribution in [3.05, 3.63) is 287 Å². The minimum atomic E-state index is -4.71. The van der Waals surface area contributed by atoms with Crippen LogP contribution in [0.1, 0.15) is 44.5 Å². The van der Waals surface area contributed by atoms with Crippen LogP contribution in [0.4, 0.5) is 45.5 Å². The first-order valence-electron chi connectivity index (χ1n) is 38.7. The Kier molecular flexibility index (Phi) is 23.0. The number of hydrogen-bond acceptors (Lipinski definition) is 22. The maximum atomic E-state index is 14.9. The van der Waals surface area contributed by atoms with Crippen LogP contribution in [-0.4, -0.2) is 97.2 Å². The van der Waals surface area contributed by atoms with Crippen LogP contribution in [0, 0.1) is 55.4 Å². The summed E-state index contributed by atoms with van der Waals surface area (Å²) in [5, 5.41) is -0.582. The van der Waals surface area contributed by atoms with Crippen molar-refractivity contribution in [3.8, 4) is 45.6 Å². The largest absolute Gasteiger partial charge is 2.00 e. The molecule has 656 valence electrons. The van der Waals surface area contributed by atoms with Crippen LogP contribution in [0.3, 0.4) is 0 Å². The molecule has 0 radical (unpaired) electrons. The Bertz CT molecular complexity index is 7390. The van der Waals surface area contributed by atoms with Gasteiger partial charge in [-0.15, -0.1) is 0 Å². The third kappa shape index (κ3) is 18.2. The van der Waals surface area contributed by atoms with Gasteiger partial charge < -0.3 is 29.9 Å². The number of nitrogens with zero attached hydrogens (tertiary/aromatic N) is 8. The van der Waals surface area contributed by atoms with Crippen LogP contribution in [0.5, 0.6) is 0 Å². The van der Waals surface area contributed by atoms with Gasteiger partial charge in [-0.1, -0.05) is 142 Å². The van der Waals surface area contributed by atoms with E-state index in [4.69, 9.17) is 39.9 Å². The molecular formula is C88H72FeN16O16S8. The van der Waals surface area contributed by atoms with Gasteiger partial charge in [0, 0.05) is 44.8 Å². The third-order valence-electron chi connectivity index (χ3n) is 20.9. The first kappa shape index (κ1) is 88.9. The summed E-state index contributed by atoms with van der Waals surface area (Å²) in [5.74, 6) is -1.68. The molecule has 41 heteroatoms.